The summed E-state index contributed by atoms with van der Waals surface area (Å²) in [4.78, 5) is 13.8. The van der Waals surface area contributed by atoms with Gasteiger partial charge in [0.25, 0.3) is 0 Å². The van der Waals surface area contributed by atoms with Gasteiger partial charge >= 0.3 is 0 Å². The van der Waals surface area contributed by atoms with E-state index in [2.05, 4.69) is 69.0 Å². The highest BCUT2D eigenvalue weighted by Crippen LogP contribution is 2.50. The van der Waals surface area contributed by atoms with Gasteiger partial charge in [-0.05, 0) is 80.9 Å². The third kappa shape index (κ3) is 2.11. The first-order valence-corrected chi connectivity index (χ1v) is 12.0. The van der Waals surface area contributed by atoms with Gasteiger partial charge in [-0.2, -0.15) is 0 Å². The summed E-state index contributed by atoms with van der Waals surface area (Å²) in [6.07, 6.45) is 9.51. The van der Waals surface area contributed by atoms with E-state index in [4.69, 9.17) is 4.98 Å². The molecular formula is C31H18N4. The highest BCUT2D eigenvalue weighted by molar-refractivity contribution is 6.17. The molecule has 35 heavy (non-hydrogen) atoms. The zero-order chi connectivity index (χ0) is 22.7. The maximum Gasteiger partial charge on any atom is 0.146 e. The van der Waals surface area contributed by atoms with Crippen molar-refractivity contribution in [3.05, 3.63) is 108 Å². The molecule has 0 N–H and O–H groups in total. The SMILES string of the molecule is c1ccc2c(c1)Cc1c-2ccc2c1-c1ccc3c(c1C2)c1ccncc1n1c2ccncc2nc31. The molecule has 0 bridgehead atoms. The topological polar surface area (TPSA) is 43.1 Å². The van der Waals surface area contributed by atoms with E-state index in [0.29, 0.717) is 0 Å². The summed E-state index contributed by atoms with van der Waals surface area (Å²) >= 11 is 0. The number of benzene rings is 3. The molecule has 4 heteroatoms. The first-order valence-electron chi connectivity index (χ1n) is 12.0. The Balaban J connectivity index is 1.42. The average molecular weight is 447 g/mol. The van der Waals surface area contributed by atoms with Gasteiger partial charge in [-0.1, -0.05) is 42.5 Å². The second-order valence-electron chi connectivity index (χ2n) is 9.68. The summed E-state index contributed by atoms with van der Waals surface area (Å²) in [6.45, 7) is 0. The normalized spacial score (nSPS) is 13.5. The van der Waals surface area contributed by atoms with Gasteiger partial charge < -0.3 is 0 Å². The molecule has 0 fully saturated rings. The van der Waals surface area contributed by atoms with E-state index >= 15 is 0 Å². The van der Waals surface area contributed by atoms with Gasteiger partial charge in [0.15, 0.2) is 0 Å². The number of hydrogen-bond donors (Lipinski definition) is 0. The van der Waals surface area contributed by atoms with Crippen molar-refractivity contribution in [1.82, 2.24) is 19.4 Å². The molecule has 0 amide bonds. The number of fused-ring (bicyclic) bond motifs is 16. The highest BCUT2D eigenvalue weighted by atomic mass is 15.0. The molecule has 0 radical (unpaired) electrons. The molecule has 4 aromatic heterocycles. The Bertz CT molecular complexity index is 2070. The lowest BCUT2D eigenvalue weighted by molar-refractivity contribution is 1.24. The zero-order valence-electron chi connectivity index (χ0n) is 18.8. The maximum absolute atomic E-state index is 5.03. The molecule has 3 aromatic carbocycles. The van der Waals surface area contributed by atoms with Crippen LogP contribution in [0.25, 0.3) is 60.6 Å². The van der Waals surface area contributed by atoms with Crippen molar-refractivity contribution >= 4 is 38.4 Å². The number of imidazole rings is 1. The lowest BCUT2D eigenvalue weighted by Crippen LogP contribution is -1.95. The van der Waals surface area contributed by atoms with Gasteiger partial charge in [0.2, 0.25) is 0 Å². The summed E-state index contributed by atoms with van der Waals surface area (Å²) in [5.41, 5.74) is 15.4. The molecule has 9 rings (SSSR count). The molecule has 0 aliphatic heterocycles. The van der Waals surface area contributed by atoms with Gasteiger partial charge in [-0.15, -0.1) is 0 Å². The van der Waals surface area contributed by atoms with E-state index in [9.17, 15) is 0 Å². The highest BCUT2D eigenvalue weighted by Gasteiger charge is 2.30. The molecule has 0 atom stereocenters. The summed E-state index contributed by atoms with van der Waals surface area (Å²) in [5, 5.41) is 3.71. The third-order valence-electron chi connectivity index (χ3n) is 8.03. The van der Waals surface area contributed by atoms with E-state index in [0.717, 1.165) is 35.0 Å². The molecule has 0 unspecified atom stereocenters. The monoisotopic (exact) mass is 446 g/mol. The van der Waals surface area contributed by atoms with Crippen molar-refractivity contribution in [2.75, 3.05) is 0 Å². The van der Waals surface area contributed by atoms with Crippen LogP contribution in [0, 0.1) is 0 Å². The zero-order valence-corrected chi connectivity index (χ0v) is 18.8. The minimum absolute atomic E-state index is 0.907. The molecule has 0 saturated carbocycles. The van der Waals surface area contributed by atoms with Crippen molar-refractivity contribution in [3.8, 4) is 22.3 Å². The fourth-order valence-corrected chi connectivity index (χ4v) is 6.63. The first-order chi connectivity index (χ1) is 17.4. The van der Waals surface area contributed by atoms with Crippen molar-refractivity contribution < 1.29 is 0 Å². The second kappa shape index (κ2) is 6.10. The summed E-state index contributed by atoms with van der Waals surface area (Å²) in [7, 11) is 0. The molecule has 2 aliphatic rings. The van der Waals surface area contributed by atoms with Gasteiger partial charge in [0.05, 0.1) is 23.4 Å². The van der Waals surface area contributed by atoms with Crippen LogP contribution in [0.3, 0.4) is 0 Å². The summed E-state index contributed by atoms with van der Waals surface area (Å²) in [5.74, 6) is 0. The fourth-order valence-electron chi connectivity index (χ4n) is 6.63. The maximum atomic E-state index is 5.03. The van der Waals surface area contributed by atoms with Crippen LogP contribution in [0.4, 0.5) is 0 Å². The lowest BCUT2D eigenvalue weighted by atomic mass is 9.93. The molecule has 4 heterocycles. The van der Waals surface area contributed by atoms with E-state index in [1.54, 1.807) is 0 Å². The van der Waals surface area contributed by atoms with Gasteiger partial charge in [0, 0.05) is 23.2 Å². The van der Waals surface area contributed by atoms with Crippen molar-refractivity contribution in [2.45, 2.75) is 12.8 Å². The Morgan fingerprint density at radius 2 is 1.49 bits per heavy atom. The van der Waals surface area contributed by atoms with Crippen LogP contribution in [0.1, 0.15) is 22.3 Å². The van der Waals surface area contributed by atoms with E-state index in [1.165, 1.54) is 60.7 Å². The smallest absolute Gasteiger partial charge is 0.146 e. The Morgan fingerprint density at radius 3 is 2.49 bits per heavy atom. The van der Waals surface area contributed by atoms with Crippen molar-refractivity contribution in [3.63, 3.8) is 0 Å². The van der Waals surface area contributed by atoms with E-state index in [-0.39, 0.29) is 0 Å². The third-order valence-corrected chi connectivity index (χ3v) is 8.03. The lowest BCUT2D eigenvalue weighted by Gasteiger charge is -2.13. The molecule has 162 valence electrons. The summed E-state index contributed by atoms with van der Waals surface area (Å²) in [6, 6.07) is 22.3. The number of rotatable bonds is 0. The van der Waals surface area contributed by atoms with Crippen LogP contribution >= 0.6 is 0 Å². The van der Waals surface area contributed by atoms with Crippen molar-refractivity contribution in [2.24, 2.45) is 0 Å². The molecule has 2 aliphatic carbocycles. The molecular weight excluding hydrogens is 428 g/mol. The Labute approximate surface area is 200 Å². The average Bonchev–Trinajstić information content (AvgIpc) is 3.59. The van der Waals surface area contributed by atoms with Crippen LogP contribution in [-0.2, 0) is 12.8 Å². The predicted molar refractivity (Wildman–Crippen MR) is 140 cm³/mol. The van der Waals surface area contributed by atoms with Crippen LogP contribution in [-0.4, -0.2) is 19.4 Å². The number of pyridine rings is 3. The Morgan fingerprint density at radius 1 is 0.629 bits per heavy atom. The van der Waals surface area contributed by atoms with E-state index < -0.39 is 0 Å². The van der Waals surface area contributed by atoms with Crippen LogP contribution in [0.2, 0.25) is 0 Å². The van der Waals surface area contributed by atoms with Gasteiger partial charge in [-0.3, -0.25) is 14.4 Å². The van der Waals surface area contributed by atoms with Crippen molar-refractivity contribution in [1.29, 1.82) is 0 Å². The number of nitrogens with zero attached hydrogens (tertiary/aromatic N) is 4. The first kappa shape index (κ1) is 17.8. The van der Waals surface area contributed by atoms with Gasteiger partial charge in [-0.25, -0.2) is 4.98 Å². The number of hydrogen-bond acceptors (Lipinski definition) is 3. The number of aromatic nitrogens is 4. The quantitative estimate of drug-likeness (QED) is 0.243. The molecule has 0 spiro atoms. The Hall–Kier alpha value is -4.57. The minimum Gasteiger partial charge on any atom is -0.290 e. The summed E-state index contributed by atoms with van der Waals surface area (Å²) < 4.78 is 2.24. The minimum atomic E-state index is 0.907. The Kier molecular flexibility index (Phi) is 3.11. The molecule has 0 saturated heterocycles. The predicted octanol–water partition coefficient (Wildman–Crippen LogP) is 6.73. The molecule has 4 nitrogen and oxygen atoms in total. The van der Waals surface area contributed by atoms with Crippen LogP contribution in [0.15, 0.2) is 85.5 Å². The van der Waals surface area contributed by atoms with Crippen LogP contribution < -0.4 is 0 Å². The second-order valence-corrected chi connectivity index (χ2v) is 9.68. The van der Waals surface area contributed by atoms with Crippen LogP contribution in [0.5, 0.6) is 0 Å². The van der Waals surface area contributed by atoms with Gasteiger partial charge in [0.1, 0.15) is 11.2 Å². The molecule has 7 aromatic rings. The standard InChI is InChI=1S/C31H18N4/c1-2-4-19-17(3-1)13-24-20(19)6-5-18-14-25-21(29(18)24)7-8-23-30(25)22-9-11-33-16-28(22)35-27-10-12-32-15-26(27)34-31(23)35/h1-12,15-16H,13-14H2. The fraction of sp³-hybridized carbons (Fsp3) is 0.0645. The largest absolute Gasteiger partial charge is 0.290 e. The van der Waals surface area contributed by atoms with E-state index in [1.807, 2.05) is 30.9 Å².